The van der Waals surface area contributed by atoms with Gasteiger partial charge in [0.1, 0.15) is 5.75 Å². The van der Waals surface area contributed by atoms with Crippen molar-refractivity contribution in [1.82, 2.24) is 10.6 Å². The van der Waals surface area contributed by atoms with Crippen LogP contribution < -0.4 is 15.4 Å². The Hall–Kier alpha value is -1.40. The molecule has 1 atom stereocenters. The molecule has 0 bridgehead atoms. The summed E-state index contributed by atoms with van der Waals surface area (Å²) in [6.45, 7) is -1.65. The predicted molar refractivity (Wildman–Crippen MR) is 82.4 cm³/mol. The van der Waals surface area contributed by atoms with Crippen LogP contribution in [0.4, 0.5) is 8.78 Å². The molecule has 1 aromatic rings. The zero-order valence-corrected chi connectivity index (χ0v) is 13.0. The molecule has 0 aliphatic carbocycles. The van der Waals surface area contributed by atoms with Crippen molar-refractivity contribution in [1.29, 1.82) is 0 Å². The number of hydrogen-bond donors (Lipinski definition) is 2. The van der Waals surface area contributed by atoms with Gasteiger partial charge in [0.05, 0.1) is 0 Å². The normalized spacial score (nSPS) is 17.1. The zero-order chi connectivity index (χ0) is 15.1. The van der Waals surface area contributed by atoms with E-state index >= 15 is 0 Å². The van der Waals surface area contributed by atoms with Crippen LogP contribution in [-0.2, 0) is 11.3 Å². The van der Waals surface area contributed by atoms with Crippen LogP contribution in [0.15, 0.2) is 24.3 Å². The number of rotatable bonds is 7. The van der Waals surface area contributed by atoms with E-state index in [1.807, 2.05) is 0 Å². The lowest BCUT2D eigenvalue weighted by Gasteiger charge is -2.12. The molecule has 22 heavy (non-hydrogen) atoms. The summed E-state index contributed by atoms with van der Waals surface area (Å²) in [5, 5.41) is 6.08. The van der Waals surface area contributed by atoms with Gasteiger partial charge in [-0.1, -0.05) is 18.2 Å². The summed E-state index contributed by atoms with van der Waals surface area (Å²) in [6.07, 6.45) is 3.51. The van der Waals surface area contributed by atoms with Crippen molar-refractivity contribution in [2.45, 2.75) is 44.9 Å². The van der Waals surface area contributed by atoms with E-state index in [1.54, 1.807) is 18.2 Å². The first-order valence-corrected chi connectivity index (χ1v) is 7.18. The fourth-order valence-corrected chi connectivity index (χ4v) is 2.45. The topological polar surface area (TPSA) is 50.4 Å². The summed E-state index contributed by atoms with van der Waals surface area (Å²) < 4.78 is 29.0. The van der Waals surface area contributed by atoms with Gasteiger partial charge >= 0.3 is 6.61 Å². The Labute approximate surface area is 135 Å². The maximum Gasteiger partial charge on any atom is 0.387 e. The summed E-state index contributed by atoms with van der Waals surface area (Å²) in [5.74, 6) is 0.0285. The highest BCUT2D eigenvalue weighted by molar-refractivity contribution is 5.85. The first kappa shape index (κ1) is 18.6. The van der Waals surface area contributed by atoms with E-state index < -0.39 is 6.61 Å². The van der Waals surface area contributed by atoms with Gasteiger partial charge < -0.3 is 15.4 Å². The Morgan fingerprint density at radius 3 is 2.86 bits per heavy atom. The molecule has 1 aliphatic rings. The quantitative estimate of drug-likeness (QED) is 0.806. The van der Waals surface area contributed by atoms with Gasteiger partial charge in [-0.25, -0.2) is 0 Å². The third-order valence-electron chi connectivity index (χ3n) is 3.55. The number of carbonyl (C=O) groups is 1. The number of amides is 1. The summed E-state index contributed by atoms with van der Waals surface area (Å²) in [7, 11) is 0. The molecule has 2 N–H and O–H groups in total. The van der Waals surface area contributed by atoms with Crippen molar-refractivity contribution in [3.05, 3.63) is 29.8 Å². The molecule has 0 aromatic heterocycles. The SMILES string of the molecule is Cl.O=C(CCC1CCCN1)NCc1ccccc1OC(F)F. The number of benzene rings is 1. The van der Waals surface area contributed by atoms with Crippen LogP contribution in [0.3, 0.4) is 0 Å². The third-order valence-corrected chi connectivity index (χ3v) is 3.55. The number of alkyl halides is 2. The average molecular weight is 335 g/mol. The lowest BCUT2D eigenvalue weighted by molar-refractivity contribution is -0.121. The molecule has 1 aliphatic heterocycles. The monoisotopic (exact) mass is 334 g/mol. The molecule has 1 saturated heterocycles. The van der Waals surface area contributed by atoms with E-state index in [-0.39, 0.29) is 30.6 Å². The summed E-state index contributed by atoms with van der Waals surface area (Å²) in [5.41, 5.74) is 0.546. The fraction of sp³-hybridized carbons (Fsp3) is 0.533. The summed E-state index contributed by atoms with van der Waals surface area (Å²) in [4.78, 5) is 11.8. The molecular formula is C15H21ClF2N2O2. The molecule has 2 rings (SSSR count). The standard InChI is InChI=1S/C15H20F2N2O2.ClH/c16-15(17)21-13-6-2-1-4-11(13)10-19-14(20)8-7-12-5-3-9-18-12;/h1-2,4,6,12,15,18H,3,5,7-10H2,(H,19,20);1H. The molecule has 0 spiro atoms. The van der Waals surface area contributed by atoms with Crippen molar-refractivity contribution < 1.29 is 18.3 Å². The minimum absolute atomic E-state index is 0. The number of ether oxygens (including phenoxy) is 1. The molecule has 0 saturated carbocycles. The lowest BCUT2D eigenvalue weighted by Crippen LogP contribution is -2.27. The second-order valence-corrected chi connectivity index (χ2v) is 5.09. The van der Waals surface area contributed by atoms with Crippen molar-refractivity contribution in [3.8, 4) is 5.75 Å². The van der Waals surface area contributed by atoms with Gasteiger partial charge in [0.15, 0.2) is 0 Å². The van der Waals surface area contributed by atoms with E-state index in [0.29, 0.717) is 18.0 Å². The number of halogens is 3. The van der Waals surface area contributed by atoms with Gasteiger partial charge in [-0.3, -0.25) is 4.79 Å². The van der Waals surface area contributed by atoms with Gasteiger partial charge in [0.25, 0.3) is 0 Å². The number of para-hydroxylation sites is 1. The number of nitrogens with one attached hydrogen (secondary N) is 2. The van der Waals surface area contributed by atoms with E-state index in [2.05, 4.69) is 15.4 Å². The van der Waals surface area contributed by atoms with Crippen molar-refractivity contribution in [2.75, 3.05) is 6.54 Å². The highest BCUT2D eigenvalue weighted by atomic mass is 35.5. The van der Waals surface area contributed by atoms with Gasteiger partial charge in [0, 0.05) is 24.6 Å². The highest BCUT2D eigenvalue weighted by Gasteiger charge is 2.15. The summed E-state index contributed by atoms with van der Waals surface area (Å²) >= 11 is 0. The molecule has 1 unspecified atom stereocenters. The van der Waals surface area contributed by atoms with E-state index in [9.17, 15) is 13.6 Å². The molecule has 4 nitrogen and oxygen atoms in total. The van der Waals surface area contributed by atoms with Crippen LogP contribution in [0.5, 0.6) is 5.75 Å². The van der Waals surface area contributed by atoms with Crippen LogP contribution in [0.2, 0.25) is 0 Å². The third kappa shape index (κ3) is 6.15. The van der Waals surface area contributed by atoms with Crippen molar-refractivity contribution in [3.63, 3.8) is 0 Å². The predicted octanol–water partition coefficient (Wildman–Crippen LogP) is 2.86. The minimum atomic E-state index is -2.87. The molecule has 124 valence electrons. The second-order valence-electron chi connectivity index (χ2n) is 5.09. The van der Waals surface area contributed by atoms with E-state index in [1.165, 1.54) is 6.07 Å². The number of carbonyl (C=O) groups excluding carboxylic acids is 1. The van der Waals surface area contributed by atoms with Crippen LogP contribution in [0, 0.1) is 0 Å². The number of hydrogen-bond acceptors (Lipinski definition) is 3. The maximum atomic E-state index is 12.3. The maximum absolute atomic E-state index is 12.3. The molecule has 1 fully saturated rings. The van der Waals surface area contributed by atoms with Crippen LogP contribution in [0.25, 0.3) is 0 Å². The Morgan fingerprint density at radius 2 is 2.18 bits per heavy atom. The largest absolute Gasteiger partial charge is 0.434 e. The Kier molecular flexibility index (Phi) is 8.12. The molecule has 1 aromatic carbocycles. The van der Waals surface area contributed by atoms with Gasteiger partial charge in [-0.05, 0) is 31.9 Å². The molecule has 0 radical (unpaired) electrons. The average Bonchev–Trinajstić information content (AvgIpc) is 2.97. The van der Waals surface area contributed by atoms with E-state index in [0.717, 1.165) is 25.8 Å². The molecule has 7 heteroatoms. The minimum Gasteiger partial charge on any atom is -0.434 e. The zero-order valence-electron chi connectivity index (χ0n) is 12.2. The van der Waals surface area contributed by atoms with Gasteiger partial charge in [-0.15, -0.1) is 12.4 Å². The highest BCUT2D eigenvalue weighted by Crippen LogP contribution is 2.20. The Bertz CT molecular complexity index is 469. The smallest absolute Gasteiger partial charge is 0.387 e. The van der Waals surface area contributed by atoms with Gasteiger partial charge in [-0.2, -0.15) is 8.78 Å². The van der Waals surface area contributed by atoms with Gasteiger partial charge in [0.2, 0.25) is 5.91 Å². The fourth-order valence-electron chi connectivity index (χ4n) is 2.45. The summed E-state index contributed by atoms with van der Waals surface area (Å²) in [6, 6.07) is 6.90. The molecular weight excluding hydrogens is 314 g/mol. The van der Waals surface area contributed by atoms with Crippen molar-refractivity contribution in [2.24, 2.45) is 0 Å². The second kappa shape index (κ2) is 9.58. The van der Waals surface area contributed by atoms with Crippen LogP contribution in [0.1, 0.15) is 31.2 Å². The van der Waals surface area contributed by atoms with Crippen LogP contribution in [-0.4, -0.2) is 25.1 Å². The van der Waals surface area contributed by atoms with Crippen LogP contribution >= 0.6 is 12.4 Å². The first-order chi connectivity index (χ1) is 10.1. The molecule has 1 heterocycles. The van der Waals surface area contributed by atoms with E-state index in [4.69, 9.17) is 0 Å². The molecule has 1 amide bonds. The first-order valence-electron chi connectivity index (χ1n) is 7.18. The lowest BCUT2D eigenvalue weighted by atomic mass is 10.1. The Morgan fingerprint density at radius 1 is 1.41 bits per heavy atom. The Balaban J connectivity index is 0.00000242. The van der Waals surface area contributed by atoms with Crippen molar-refractivity contribution >= 4 is 18.3 Å².